The molecule has 0 spiro atoms. The molecule has 0 aromatic heterocycles. The lowest BCUT2D eigenvalue weighted by atomic mass is 9.97. The maximum absolute atomic E-state index is 11.6. The zero-order chi connectivity index (χ0) is 13.0. The maximum atomic E-state index is 11.6. The van der Waals surface area contributed by atoms with Crippen molar-refractivity contribution in [1.82, 2.24) is 0 Å². The van der Waals surface area contributed by atoms with Crippen molar-refractivity contribution in [2.45, 2.75) is 26.1 Å². The predicted octanol–water partition coefficient (Wildman–Crippen LogP) is 0.890. The summed E-state index contributed by atoms with van der Waals surface area (Å²) in [4.78, 5) is 22.2. The number of carbonyl (C=O) groups excluding carboxylic acids is 1. The van der Waals surface area contributed by atoms with Crippen molar-refractivity contribution >= 4 is 11.8 Å². The molecule has 5 nitrogen and oxygen atoms in total. The van der Waals surface area contributed by atoms with Gasteiger partial charge in [0.15, 0.2) is 11.9 Å². The molecule has 0 saturated carbocycles. The van der Waals surface area contributed by atoms with E-state index in [1.54, 1.807) is 6.92 Å². The van der Waals surface area contributed by atoms with Crippen LogP contribution >= 0.6 is 0 Å². The molecule has 0 radical (unpaired) electrons. The zero-order valence-electron chi connectivity index (χ0n) is 9.38. The van der Waals surface area contributed by atoms with Crippen LogP contribution in [0.1, 0.15) is 40.9 Å². The van der Waals surface area contributed by atoms with E-state index in [0.29, 0.717) is 5.56 Å². The van der Waals surface area contributed by atoms with Gasteiger partial charge >= 0.3 is 5.97 Å². The van der Waals surface area contributed by atoms with E-state index in [9.17, 15) is 14.7 Å². The normalized spacial score (nSPS) is 12.2. The Hall–Kier alpha value is -1.72. The lowest BCUT2D eigenvalue weighted by Crippen LogP contribution is -2.12. The monoisotopic (exact) mass is 238 g/mol. The molecule has 0 amide bonds. The summed E-state index contributed by atoms with van der Waals surface area (Å²) in [6.07, 6.45) is -1.41. The van der Waals surface area contributed by atoms with Gasteiger partial charge in [-0.05, 0) is 17.2 Å². The molecule has 1 rings (SSSR count). The maximum Gasteiger partial charge on any atom is 0.337 e. The van der Waals surface area contributed by atoms with Crippen LogP contribution < -0.4 is 0 Å². The van der Waals surface area contributed by atoms with E-state index >= 15 is 0 Å². The van der Waals surface area contributed by atoms with Gasteiger partial charge in [-0.25, -0.2) is 4.79 Å². The molecule has 1 atom stereocenters. The molecule has 5 heteroatoms. The summed E-state index contributed by atoms with van der Waals surface area (Å²) in [5, 5.41) is 27.1. The number of aliphatic carboxylic acids is 1. The first-order chi connectivity index (χ1) is 8.01. The standard InChI is InChI=1S/C12H14O5/c1-2-10(14)9-5-7(11(15)12(16)17)3-4-8(9)6-13/h3-5,11,13,15H,2,6H2,1H3,(H,16,17). The van der Waals surface area contributed by atoms with Crippen molar-refractivity contribution in [2.75, 3.05) is 0 Å². The molecule has 1 unspecified atom stereocenters. The molecule has 0 fully saturated rings. The summed E-state index contributed by atoms with van der Waals surface area (Å²) in [5.41, 5.74) is 0.817. The van der Waals surface area contributed by atoms with E-state index in [1.165, 1.54) is 18.2 Å². The highest BCUT2D eigenvalue weighted by Gasteiger charge is 2.18. The fourth-order valence-electron chi connectivity index (χ4n) is 1.49. The van der Waals surface area contributed by atoms with Gasteiger partial charge in [0, 0.05) is 12.0 Å². The average molecular weight is 238 g/mol. The number of ketones is 1. The molecule has 0 saturated heterocycles. The number of rotatable bonds is 5. The molecular weight excluding hydrogens is 224 g/mol. The molecule has 17 heavy (non-hydrogen) atoms. The van der Waals surface area contributed by atoms with Crippen molar-refractivity contribution in [2.24, 2.45) is 0 Å². The molecule has 0 aliphatic rings. The number of hydrogen-bond acceptors (Lipinski definition) is 4. The van der Waals surface area contributed by atoms with E-state index in [2.05, 4.69) is 0 Å². The largest absolute Gasteiger partial charge is 0.479 e. The van der Waals surface area contributed by atoms with E-state index in [1.807, 2.05) is 0 Å². The van der Waals surface area contributed by atoms with Crippen LogP contribution in [0.25, 0.3) is 0 Å². The van der Waals surface area contributed by atoms with Crippen LogP contribution in [0.2, 0.25) is 0 Å². The van der Waals surface area contributed by atoms with E-state index in [-0.39, 0.29) is 29.9 Å². The fourth-order valence-corrected chi connectivity index (χ4v) is 1.49. The van der Waals surface area contributed by atoms with Gasteiger partial charge in [-0.1, -0.05) is 19.1 Å². The van der Waals surface area contributed by atoms with Crippen LogP contribution in [-0.2, 0) is 11.4 Å². The van der Waals surface area contributed by atoms with Crippen molar-refractivity contribution in [1.29, 1.82) is 0 Å². The van der Waals surface area contributed by atoms with Crippen LogP contribution in [0.4, 0.5) is 0 Å². The minimum Gasteiger partial charge on any atom is -0.479 e. The molecule has 1 aromatic carbocycles. The number of carbonyl (C=O) groups is 2. The highest BCUT2D eigenvalue weighted by atomic mass is 16.4. The Morgan fingerprint density at radius 2 is 2.00 bits per heavy atom. The second-order valence-electron chi connectivity index (χ2n) is 3.59. The van der Waals surface area contributed by atoms with Crippen LogP contribution in [0, 0.1) is 0 Å². The Kier molecular flexibility index (Phi) is 4.37. The number of aliphatic hydroxyl groups excluding tert-OH is 2. The first-order valence-corrected chi connectivity index (χ1v) is 5.19. The summed E-state index contributed by atoms with van der Waals surface area (Å²) in [5.74, 6) is -1.58. The van der Waals surface area contributed by atoms with Crippen molar-refractivity contribution in [3.05, 3.63) is 34.9 Å². The second kappa shape index (κ2) is 5.56. The Balaban J connectivity index is 3.22. The van der Waals surface area contributed by atoms with E-state index in [0.717, 1.165) is 0 Å². The van der Waals surface area contributed by atoms with Gasteiger partial charge in [0.1, 0.15) is 0 Å². The molecule has 0 aliphatic heterocycles. The Bertz CT molecular complexity index is 439. The third kappa shape index (κ3) is 2.89. The van der Waals surface area contributed by atoms with Crippen molar-refractivity contribution < 1.29 is 24.9 Å². The highest BCUT2D eigenvalue weighted by molar-refractivity contribution is 5.97. The minimum atomic E-state index is -1.66. The lowest BCUT2D eigenvalue weighted by Gasteiger charge is -2.10. The minimum absolute atomic E-state index is 0.131. The number of Topliss-reactive ketones (excluding diaryl/α,β-unsaturated/α-hetero) is 1. The predicted molar refractivity (Wildman–Crippen MR) is 59.6 cm³/mol. The molecule has 0 bridgehead atoms. The first-order valence-electron chi connectivity index (χ1n) is 5.19. The Morgan fingerprint density at radius 3 is 2.47 bits per heavy atom. The van der Waals surface area contributed by atoms with Crippen LogP contribution in [0.5, 0.6) is 0 Å². The van der Waals surface area contributed by atoms with Gasteiger partial charge in [0.25, 0.3) is 0 Å². The summed E-state index contributed by atoms with van der Waals surface area (Å²) in [6.45, 7) is 1.37. The topological polar surface area (TPSA) is 94.8 Å². The van der Waals surface area contributed by atoms with Gasteiger partial charge in [0.2, 0.25) is 0 Å². The van der Waals surface area contributed by atoms with Gasteiger partial charge in [-0.3, -0.25) is 4.79 Å². The Labute approximate surface area is 98.3 Å². The average Bonchev–Trinajstić information content (AvgIpc) is 2.35. The SMILES string of the molecule is CCC(=O)c1cc(C(O)C(=O)O)ccc1CO. The van der Waals surface area contributed by atoms with Gasteiger partial charge < -0.3 is 15.3 Å². The quantitative estimate of drug-likeness (QED) is 0.662. The molecule has 0 heterocycles. The Morgan fingerprint density at radius 1 is 1.35 bits per heavy atom. The number of hydrogen-bond donors (Lipinski definition) is 3. The van der Waals surface area contributed by atoms with Crippen molar-refractivity contribution in [3.8, 4) is 0 Å². The highest BCUT2D eigenvalue weighted by Crippen LogP contribution is 2.19. The van der Waals surface area contributed by atoms with Crippen LogP contribution in [0.15, 0.2) is 18.2 Å². The van der Waals surface area contributed by atoms with E-state index in [4.69, 9.17) is 10.2 Å². The summed E-state index contributed by atoms with van der Waals surface area (Å²) in [7, 11) is 0. The number of carboxylic acid groups (broad SMARTS) is 1. The summed E-state index contributed by atoms with van der Waals surface area (Å²) >= 11 is 0. The lowest BCUT2D eigenvalue weighted by molar-refractivity contribution is -0.146. The van der Waals surface area contributed by atoms with Crippen LogP contribution in [0.3, 0.4) is 0 Å². The number of benzene rings is 1. The first kappa shape index (κ1) is 13.3. The number of aliphatic hydroxyl groups is 2. The number of carboxylic acids is 1. The van der Waals surface area contributed by atoms with E-state index < -0.39 is 12.1 Å². The molecular formula is C12H14O5. The third-order valence-corrected chi connectivity index (χ3v) is 2.48. The van der Waals surface area contributed by atoms with Crippen molar-refractivity contribution in [3.63, 3.8) is 0 Å². The van der Waals surface area contributed by atoms with Gasteiger partial charge in [-0.2, -0.15) is 0 Å². The fraction of sp³-hybridized carbons (Fsp3) is 0.333. The summed E-state index contributed by atoms with van der Waals surface area (Å²) in [6, 6.07) is 4.15. The van der Waals surface area contributed by atoms with Crippen LogP contribution in [-0.4, -0.2) is 27.1 Å². The molecule has 3 N–H and O–H groups in total. The zero-order valence-corrected chi connectivity index (χ0v) is 9.38. The third-order valence-electron chi connectivity index (χ3n) is 2.48. The van der Waals surface area contributed by atoms with Gasteiger partial charge in [0.05, 0.1) is 6.61 Å². The molecule has 92 valence electrons. The second-order valence-corrected chi connectivity index (χ2v) is 3.59. The molecule has 0 aliphatic carbocycles. The summed E-state index contributed by atoms with van der Waals surface area (Å²) < 4.78 is 0. The molecule has 1 aromatic rings. The van der Waals surface area contributed by atoms with Gasteiger partial charge in [-0.15, -0.1) is 0 Å². The smallest absolute Gasteiger partial charge is 0.337 e.